The number of hydrogen-bond acceptors (Lipinski definition) is 2. The van der Waals surface area contributed by atoms with Gasteiger partial charge in [0.25, 0.3) is 5.91 Å². The maximum Gasteiger partial charge on any atom is 0.251 e. The van der Waals surface area contributed by atoms with Gasteiger partial charge in [-0.3, -0.25) is 9.59 Å². The maximum atomic E-state index is 11.3. The average molecular weight is 308 g/mol. The molecule has 14 heavy (non-hydrogen) atoms. The lowest BCUT2D eigenvalue weighted by Crippen LogP contribution is -2.33. The van der Waals surface area contributed by atoms with Crippen molar-refractivity contribution in [1.29, 1.82) is 0 Å². The van der Waals surface area contributed by atoms with Gasteiger partial charge in [-0.1, -0.05) is 0 Å². The summed E-state index contributed by atoms with van der Waals surface area (Å²) >= 11 is 2.15. The highest BCUT2D eigenvalue weighted by Crippen LogP contribution is 2.06. The average Bonchev–Trinajstić information content (AvgIpc) is 2.15. The Labute approximate surface area is 95.0 Å². The lowest BCUT2D eigenvalue weighted by molar-refractivity contribution is -0.117. The van der Waals surface area contributed by atoms with Crippen LogP contribution in [0.4, 0.5) is 0 Å². The third kappa shape index (κ3) is 3.33. The predicted octanol–water partition coefficient (Wildman–Crippen LogP) is 0.506. The molecule has 0 aliphatic rings. The van der Waals surface area contributed by atoms with Gasteiger partial charge in [0.1, 0.15) is 0 Å². The number of amides is 2. The summed E-state index contributed by atoms with van der Waals surface area (Å²) in [6, 6.07) is 7.02. The number of halogens is 1. The first-order chi connectivity index (χ1) is 6.59. The molecule has 0 heterocycles. The van der Waals surface area contributed by atoms with Crippen molar-refractivity contribution in [3.05, 3.63) is 33.4 Å². The summed E-state index contributed by atoms with van der Waals surface area (Å²) in [5.41, 5.74) is 5.41. The Hall–Kier alpha value is -1.11. The molecule has 3 N–H and O–H groups in total. The van der Waals surface area contributed by atoms with Gasteiger partial charge >= 0.3 is 0 Å². The molecule has 5 heteroatoms. The number of rotatable bonds is 3. The van der Waals surface area contributed by atoms with Crippen molar-refractivity contribution >= 4 is 34.4 Å². The van der Waals surface area contributed by atoms with E-state index >= 15 is 0 Å². The van der Waals surface area contributed by atoms with E-state index in [0.29, 0.717) is 5.56 Å². The molecule has 0 fully saturated rings. The van der Waals surface area contributed by atoms with E-state index in [2.05, 4.69) is 27.9 Å². The monoisotopic (exact) mass is 308 g/mol. The van der Waals surface area contributed by atoms with Crippen LogP contribution in [0.15, 0.2) is 24.3 Å². The van der Waals surface area contributed by atoms with Crippen LogP contribution in [0, 0.1) is 3.57 Å². The van der Waals surface area contributed by atoms with Crippen molar-refractivity contribution in [3.63, 3.8) is 0 Å². The molecule has 0 aromatic heterocycles. The second kappa shape index (κ2) is 4.94. The third-order valence-electron chi connectivity index (χ3n) is 1.53. The van der Waals surface area contributed by atoms with Crippen LogP contribution in [0.3, 0.4) is 0 Å². The number of carbonyl (C=O) groups is 2. The normalized spacial score (nSPS) is 9.50. The standard InChI is InChI=1S/C9H9IN2O2/c10-7-3-1-6(2-4-7)9(14)12-5-8(11)13/h1-4H,5H2,(H2,11,13)(H,12,14)/i10+4. The van der Waals surface area contributed by atoms with Crippen LogP contribution < -0.4 is 11.1 Å². The van der Waals surface area contributed by atoms with Gasteiger partial charge in [0.15, 0.2) is 0 Å². The minimum atomic E-state index is -0.552. The van der Waals surface area contributed by atoms with Crippen LogP contribution in [0.5, 0.6) is 0 Å². The summed E-state index contributed by atoms with van der Waals surface area (Å²) < 4.78 is 1.05. The summed E-state index contributed by atoms with van der Waals surface area (Å²) in [5.74, 6) is -0.843. The van der Waals surface area contributed by atoms with Gasteiger partial charge in [-0.05, 0) is 46.9 Å². The van der Waals surface area contributed by atoms with E-state index in [9.17, 15) is 9.59 Å². The highest BCUT2D eigenvalue weighted by atomic mass is 131. The Morgan fingerprint density at radius 2 is 1.86 bits per heavy atom. The molecule has 0 radical (unpaired) electrons. The van der Waals surface area contributed by atoms with Gasteiger partial charge in [-0.25, -0.2) is 0 Å². The topological polar surface area (TPSA) is 72.2 Å². The molecule has 0 saturated heterocycles. The fourth-order valence-corrected chi connectivity index (χ4v) is 1.23. The minimum absolute atomic E-state index is 0.134. The van der Waals surface area contributed by atoms with Crippen LogP contribution in [0.1, 0.15) is 10.4 Å². The molecule has 4 nitrogen and oxygen atoms in total. The van der Waals surface area contributed by atoms with Crippen LogP contribution in [-0.2, 0) is 4.79 Å². The van der Waals surface area contributed by atoms with Crippen LogP contribution >= 0.6 is 22.6 Å². The quantitative estimate of drug-likeness (QED) is 0.799. The van der Waals surface area contributed by atoms with Crippen LogP contribution in [-0.4, -0.2) is 18.4 Å². The van der Waals surface area contributed by atoms with Crippen molar-refractivity contribution in [3.8, 4) is 0 Å². The number of benzene rings is 1. The van der Waals surface area contributed by atoms with E-state index in [1.807, 2.05) is 12.1 Å². The molecule has 2 amide bonds. The SMILES string of the molecule is NC(=O)CNC(=O)c1ccc([131I])cc1. The summed E-state index contributed by atoms with van der Waals surface area (Å²) in [6.07, 6.45) is 0. The Bertz CT molecular complexity index is 348. The number of nitrogens with two attached hydrogens (primary N) is 1. The van der Waals surface area contributed by atoms with Crippen molar-refractivity contribution in [1.82, 2.24) is 5.32 Å². The summed E-state index contributed by atoms with van der Waals surface area (Å²) in [5, 5.41) is 2.40. The molecule has 1 aromatic carbocycles. The van der Waals surface area contributed by atoms with E-state index in [4.69, 9.17) is 5.73 Å². The lowest BCUT2D eigenvalue weighted by atomic mass is 10.2. The van der Waals surface area contributed by atoms with E-state index in [-0.39, 0.29) is 12.5 Å². The minimum Gasteiger partial charge on any atom is -0.368 e. The molecule has 0 atom stereocenters. The number of carbonyl (C=O) groups excluding carboxylic acids is 2. The molecule has 0 unspecified atom stereocenters. The Morgan fingerprint density at radius 1 is 1.29 bits per heavy atom. The number of hydrogen-bond donors (Lipinski definition) is 2. The molecular weight excluding hydrogens is 299 g/mol. The van der Waals surface area contributed by atoms with Gasteiger partial charge < -0.3 is 11.1 Å². The zero-order valence-electron chi connectivity index (χ0n) is 7.29. The highest BCUT2D eigenvalue weighted by Gasteiger charge is 2.04. The molecule has 0 spiro atoms. The summed E-state index contributed by atoms with van der Waals surface area (Å²) in [7, 11) is 0. The van der Waals surface area contributed by atoms with Gasteiger partial charge in [0.05, 0.1) is 6.54 Å². The van der Waals surface area contributed by atoms with Crippen molar-refractivity contribution in [2.24, 2.45) is 5.73 Å². The van der Waals surface area contributed by atoms with Crippen molar-refractivity contribution in [2.45, 2.75) is 0 Å². The Kier molecular flexibility index (Phi) is 3.87. The summed E-state index contributed by atoms with van der Waals surface area (Å²) in [4.78, 5) is 21.7. The Morgan fingerprint density at radius 3 is 2.36 bits per heavy atom. The van der Waals surface area contributed by atoms with E-state index in [1.54, 1.807) is 12.1 Å². The maximum absolute atomic E-state index is 11.3. The molecule has 1 rings (SSSR count). The molecular formula is C9H9IN2O2. The van der Waals surface area contributed by atoms with Gasteiger partial charge in [0.2, 0.25) is 5.91 Å². The van der Waals surface area contributed by atoms with Crippen LogP contribution in [0.25, 0.3) is 0 Å². The summed E-state index contributed by atoms with van der Waals surface area (Å²) in [6.45, 7) is -0.134. The second-order valence-corrected chi connectivity index (χ2v) is 3.90. The lowest BCUT2D eigenvalue weighted by Gasteiger charge is -2.02. The smallest absolute Gasteiger partial charge is 0.251 e. The first kappa shape index (κ1) is 11.0. The van der Waals surface area contributed by atoms with Crippen LogP contribution in [0.2, 0.25) is 0 Å². The first-order valence-electron chi connectivity index (χ1n) is 3.91. The molecule has 0 aliphatic carbocycles. The van der Waals surface area contributed by atoms with Crippen molar-refractivity contribution < 1.29 is 9.59 Å². The zero-order chi connectivity index (χ0) is 10.6. The fourth-order valence-electron chi connectivity index (χ4n) is 0.871. The van der Waals surface area contributed by atoms with E-state index < -0.39 is 5.91 Å². The number of nitrogens with one attached hydrogen (secondary N) is 1. The zero-order valence-corrected chi connectivity index (χ0v) is 9.45. The first-order valence-corrected chi connectivity index (χ1v) is 4.99. The van der Waals surface area contributed by atoms with E-state index in [1.165, 1.54) is 0 Å². The van der Waals surface area contributed by atoms with Gasteiger partial charge in [-0.2, -0.15) is 0 Å². The molecule has 74 valence electrons. The number of primary amides is 1. The van der Waals surface area contributed by atoms with E-state index in [0.717, 1.165) is 3.57 Å². The molecule has 0 saturated carbocycles. The van der Waals surface area contributed by atoms with Gasteiger partial charge in [-0.15, -0.1) is 0 Å². The van der Waals surface area contributed by atoms with Gasteiger partial charge in [0, 0.05) is 9.13 Å². The predicted molar refractivity (Wildman–Crippen MR) is 60.7 cm³/mol. The fraction of sp³-hybridized carbons (Fsp3) is 0.111. The molecule has 0 aliphatic heterocycles. The highest BCUT2D eigenvalue weighted by molar-refractivity contribution is 14.1. The second-order valence-electron chi connectivity index (χ2n) is 2.66. The Balaban J connectivity index is 2.61. The third-order valence-corrected chi connectivity index (χ3v) is 2.25. The largest absolute Gasteiger partial charge is 0.368 e. The van der Waals surface area contributed by atoms with Crippen molar-refractivity contribution in [2.75, 3.05) is 6.54 Å². The molecule has 1 aromatic rings. The molecule has 0 bridgehead atoms.